The Morgan fingerprint density at radius 2 is 0.933 bits per heavy atom. The van der Waals surface area contributed by atoms with E-state index < -0.39 is 83.2 Å². The molecule has 60 heavy (non-hydrogen) atoms. The van der Waals surface area contributed by atoms with Crippen molar-refractivity contribution in [3.8, 4) is 11.5 Å². The van der Waals surface area contributed by atoms with Gasteiger partial charge >= 0.3 is 0 Å². The molecule has 5 aromatic rings. The van der Waals surface area contributed by atoms with E-state index in [2.05, 4.69) is 33.8 Å². The molecule has 2 atom stereocenters. The van der Waals surface area contributed by atoms with Gasteiger partial charge in [0, 0.05) is 61.8 Å². The SMILES string of the molecule is C=CCN(C(=O)[C@H](Cc1cc(F)cc(F)c1)NC(=O)c1nccnc1C(=O)N[C@@H](Cc1cc(F)cc(F)c1)C(=O)N(CC=C)c1ccc(OC)cc1)c1ccc(OC)cc1. The van der Waals surface area contributed by atoms with Crippen LogP contribution in [0, 0.1) is 23.3 Å². The first kappa shape index (κ1) is 43.8. The minimum Gasteiger partial charge on any atom is -0.497 e. The van der Waals surface area contributed by atoms with Crippen molar-refractivity contribution in [2.45, 2.75) is 24.9 Å². The van der Waals surface area contributed by atoms with E-state index in [1.54, 1.807) is 48.5 Å². The molecule has 0 saturated carbocycles. The Morgan fingerprint density at radius 3 is 1.23 bits per heavy atom. The lowest BCUT2D eigenvalue weighted by atomic mass is 10.0. The van der Waals surface area contributed by atoms with Gasteiger partial charge in [0.15, 0.2) is 11.4 Å². The molecule has 5 rings (SSSR count). The predicted octanol–water partition coefficient (Wildman–Crippen LogP) is 6.17. The molecule has 0 fully saturated rings. The fourth-order valence-electron chi connectivity index (χ4n) is 6.26. The van der Waals surface area contributed by atoms with E-state index in [-0.39, 0.29) is 24.2 Å². The number of carbonyl (C=O) groups is 4. The van der Waals surface area contributed by atoms with Crippen LogP contribution in [0.1, 0.15) is 32.1 Å². The zero-order valence-electron chi connectivity index (χ0n) is 32.5. The number of benzene rings is 4. The van der Waals surface area contributed by atoms with Crippen LogP contribution in [0.25, 0.3) is 0 Å². The zero-order valence-corrected chi connectivity index (χ0v) is 32.5. The summed E-state index contributed by atoms with van der Waals surface area (Å²) in [7, 11) is 2.94. The first-order chi connectivity index (χ1) is 28.8. The topological polar surface area (TPSA) is 143 Å². The van der Waals surface area contributed by atoms with Crippen molar-refractivity contribution in [1.82, 2.24) is 20.6 Å². The van der Waals surface area contributed by atoms with Crippen molar-refractivity contribution in [1.29, 1.82) is 0 Å². The van der Waals surface area contributed by atoms with Gasteiger partial charge in [-0.1, -0.05) is 12.2 Å². The number of nitrogens with zero attached hydrogens (tertiary/aromatic N) is 4. The Kier molecular flexibility index (Phi) is 14.9. The van der Waals surface area contributed by atoms with Crippen molar-refractivity contribution in [3.05, 3.63) is 168 Å². The maximum absolute atomic E-state index is 14.3. The highest BCUT2D eigenvalue weighted by molar-refractivity contribution is 6.08. The normalized spacial score (nSPS) is 11.7. The summed E-state index contributed by atoms with van der Waals surface area (Å²) in [6.07, 6.45) is 4.29. The van der Waals surface area contributed by atoms with Crippen molar-refractivity contribution in [2.75, 3.05) is 37.1 Å². The number of rotatable bonds is 18. The molecular weight excluding hydrogens is 785 g/mol. The summed E-state index contributed by atoms with van der Waals surface area (Å²) in [5.41, 5.74) is -0.378. The number of anilines is 2. The fraction of sp³-hybridized carbons (Fsp3) is 0.182. The summed E-state index contributed by atoms with van der Waals surface area (Å²) >= 11 is 0. The number of nitrogens with one attached hydrogen (secondary N) is 2. The number of methoxy groups -OCH3 is 2. The molecule has 0 unspecified atom stereocenters. The van der Waals surface area contributed by atoms with Crippen LogP contribution >= 0.6 is 0 Å². The van der Waals surface area contributed by atoms with Gasteiger partial charge in [-0.2, -0.15) is 0 Å². The highest BCUT2D eigenvalue weighted by Crippen LogP contribution is 2.24. The maximum Gasteiger partial charge on any atom is 0.273 e. The number of carbonyl (C=O) groups excluding carboxylic acids is 4. The average Bonchev–Trinajstić information content (AvgIpc) is 3.23. The van der Waals surface area contributed by atoms with Crippen LogP contribution in [-0.2, 0) is 22.4 Å². The Balaban J connectivity index is 1.49. The van der Waals surface area contributed by atoms with Gasteiger partial charge < -0.3 is 29.9 Å². The number of hydrogen-bond donors (Lipinski definition) is 2. The lowest BCUT2D eigenvalue weighted by Gasteiger charge is -2.28. The van der Waals surface area contributed by atoms with Gasteiger partial charge in [-0.3, -0.25) is 19.2 Å². The molecular formula is C44H40F4N6O6. The molecule has 0 aliphatic carbocycles. The van der Waals surface area contributed by atoms with Gasteiger partial charge in [0.2, 0.25) is 11.8 Å². The summed E-state index contributed by atoms with van der Waals surface area (Å²) in [6.45, 7) is 7.36. The number of ether oxygens (including phenoxy) is 2. The smallest absolute Gasteiger partial charge is 0.273 e. The second kappa shape index (κ2) is 20.4. The van der Waals surface area contributed by atoms with Gasteiger partial charge in [-0.25, -0.2) is 27.5 Å². The highest BCUT2D eigenvalue weighted by atomic mass is 19.1. The van der Waals surface area contributed by atoms with Crippen LogP contribution in [-0.4, -0.2) is 73.0 Å². The van der Waals surface area contributed by atoms with Crippen LogP contribution in [0.3, 0.4) is 0 Å². The second-order valence-electron chi connectivity index (χ2n) is 13.1. The van der Waals surface area contributed by atoms with E-state index in [4.69, 9.17) is 9.47 Å². The first-order valence-corrected chi connectivity index (χ1v) is 18.3. The number of aromatic nitrogens is 2. The molecule has 310 valence electrons. The first-order valence-electron chi connectivity index (χ1n) is 18.3. The number of amides is 4. The quantitative estimate of drug-likeness (QED) is 0.0790. The molecule has 0 aliphatic heterocycles. The number of halogens is 4. The van der Waals surface area contributed by atoms with Crippen LogP contribution in [0.5, 0.6) is 11.5 Å². The molecule has 2 N–H and O–H groups in total. The van der Waals surface area contributed by atoms with Crippen molar-refractivity contribution in [3.63, 3.8) is 0 Å². The molecule has 0 spiro atoms. The van der Waals surface area contributed by atoms with Crippen LogP contribution in [0.4, 0.5) is 28.9 Å². The zero-order chi connectivity index (χ0) is 43.3. The van der Waals surface area contributed by atoms with Gasteiger partial charge in [0.1, 0.15) is 46.9 Å². The lowest BCUT2D eigenvalue weighted by molar-refractivity contribution is -0.121. The van der Waals surface area contributed by atoms with Crippen molar-refractivity contribution in [2.24, 2.45) is 0 Å². The van der Waals surface area contributed by atoms with Gasteiger partial charge in [-0.15, -0.1) is 13.2 Å². The highest BCUT2D eigenvalue weighted by Gasteiger charge is 2.33. The van der Waals surface area contributed by atoms with Crippen LogP contribution in [0.2, 0.25) is 0 Å². The van der Waals surface area contributed by atoms with Gasteiger partial charge in [-0.05, 0) is 83.9 Å². The Morgan fingerprint density at radius 1 is 0.600 bits per heavy atom. The fourth-order valence-corrected chi connectivity index (χ4v) is 6.26. The Bertz CT molecular complexity index is 2160. The van der Waals surface area contributed by atoms with E-state index in [1.165, 1.54) is 36.2 Å². The molecule has 4 amide bonds. The molecule has 0 aliphatic rings. The van der Waals surface area contributed by atoms with E-state index in [0.717, 1.165) is 36.7 Å². The average molecular weight is 825 g/mol. The maximum atomic E-state index is 14.3. The molecule has 0 bridgehead atoms. The Labute approximate surface area is 343 Å². The minimum atomic E-state index is -1.51. The summed E-state index contributed by atoms with van der Waals surface area (Å²) in [5.74, 6) is -6.29. The third-order valence-electron chi connectivity index (χ3n) is 8.98. The number of hydrogen-bond acceptors (Lipinski definition) is 8. The lowest BCUT2D eigenvalue weighted by Crippen LogP contribution is -2.51. The molecule has 4 aromatic carbocycles. The van der Waals surface area contributed by atoms with Crippen LogP contribution in [0.15, 0.2) is 123 Å². The summed E-state index contributed by atoms with van der Waals surface area (Å²) in [5, 5.41) is 5.09. The van der Waals surface area contributed by atoms with E-state index in [1.807, 2.05) is 0 Å². The summed E-state index contributed by atoms with van der Waals surface area (Å²) in [6, 6.07) is 15.1. The molecule has 0 radical (unpaired) electrons. The Hall–Kier alpha value is -7.36. The minimum absolute atomic E-state index is 0.0209. The largest absolute Gasteiger partial charge is 0.497 e. The molecule has 1 aromatic heterocycles. The molecule has 16 heteroatoms. The predicted molar refractivity (Wildman–Crippen MR) is 216 cm³/mol. The van der Waals surface area contributed by atoms with E-state index in [0.29, 0.717) is 35.0 Å². The standard InChI is InChI=1S/C44H40F4N6O6/c1-5-17-53(33-7-11-35(59-3)12-8-33)43(57)37(23-27-19-29(45)25-30(46)20-27)51-41(55)39-40(50-16-15-49-39)42(56)52-38(24-28-21-31(47)26-32(48)22-28)44(58)54(18-6-2)34-9-13-36(60-4)14-10-34/h5-16,19-22,25-26,37-38H,1-2,17-18,23-24H2,3-4H3,(H,51,55)(H,52,56)/t37-,38-/m0/s1. The third-order valence-corrected chi connectivity index (χ3v) is 8.98. The van der Waals surface area contributed by atoms with Gasteiger partial charge in [0.25, 0.3) is 11.8 Å². The molecule has 1 heterocycles. The summed E-state index contributed by atoms with van der Waals surface area (Å²) < 4.78 is 67.8. The monoisotopic (exact) mass is 824 g/mol. The van der Waals surface area contributed by atoms with E-state index >= 15 is 0 Å². The second-order valence-corrected chi connectivity index (χ2v) is 13.1. The van der Waals surface area contributed by atoms with E-state index in [9.17, 15) is 36.7 Å². The third kappa shape index (κ3) is 11.2. The van der Waals surface area contributed by atoms with Crippen molar-refractivity contribution >= 4 is 35.0 Å². The summed E-state index contributed by atoms with van der Waals surface area (Å²) in [4.78, 5) is 67.4. The van der Waals surface area contributed by atoms with Crippen molar-refractivity contribution < 1.29 is 46.2 Å². The molecule has 0 saturated heterocycles. The van der Waals surface area contributed by atoms with Gasteiger partial charge in [0.05, 0.1) is 14.2 Å². The van der Waals surface area contributed by atoms with Crippen LogP contribution < -0.4 is 29.9 Å². The molecule has 12 nitrogen and oxygen atoms in total.